The summed E-state index contributed by atoms with van der Waals surface area (Å²) in [6, 6.07) is 5.70. The Hall–Kier alpha value is -1.46. The van der Waals surface area contributed by atoms with E-state index >= 15 is 0 Å². The molecule has 1 aromatic carbocycles. The van der Waals surface area contributed by atoms with Crippen LogP contribution in [0.4, 0.5) is 5.69 Å². The van der Waals surface area contributed by atoms with Crippen molar-refractivity contribution in [2.45, 2.75) is 26.6 Å². The SMILES string of the molecule is CCOC(CCNc1cc(OC)cc(OC)c1)OCC. The van der Waals surface area contributed by atoms with Gasteiger partial charge in [-0.05, 0) is 13.8 Å². The molecule has 0 unspecified atom stereocenters. The fraction of sp³-hybridized carbons (Fsp3) is 0.600. The van der Waals surface area contributed by atoms with Crippen LogP contribution in [0, 0.1) is 0 Å². The second-order valence-electron chi connectivity index (χ2n) is 4.16. The highest BCUT2D eigenvalue weighted by Crippen LogP contribution is 2.25. The summed E-state index contributed by atoms with van der Waals surface area (Å²) in [6.07, 6.45) is 0.617. The fourth-order valence-electron chi connectivity index (χ4n) is 1.83. The van der Waals surface area contributed by atoms with Crippen LogP contribution < -0.4 is 14.8 Å². The molecule has 0 spiro atoms. The van der Waals surface area contributed by atoms with Gasteiger partial charge in [-0.15, -0.1) is 0 Å². The molecule has 0 atom stereocenters. The maximum Gasteiger partial charge on any atom is 0.159 e. The quantitative estimate of drug-likeness (QED) is 0.669. The normalized spacial score (nSPS) is 10.7. The van der Waals surface area contributed by atoms with E-state index in [9.17, 15) is 0 Å². The van der Waals surface area contributed by atoms with Gasteiger partial charge < -0.3 is 24.3 Å². The van der Waals surface area contributed by atoms with Gasteiger partial charge in [-0.25, -0.2) is 0 Å². The first-order valence-electron chi connectivity index (χ1n) is 6.93. The summed E-state index contributed by atoms with van der Waals surface area (Å²) in [4.78, 5) is 0. The second kappa shape index (κ2) is 9.44. The van der Waals surface area contributed by atoms with E-state index in [4.69, 9.17) is 18.9 Å². The number of methoxy groups -OCH3 is 2. The Labute approximate surface area is 121 Å². The van der Waals surface area contributed by atoms with Crippen LogP contribution in [0.1, 0.15) is 20.3 Å². The van der Waals surface area contributed by atoms with E-state index in [1.165, 1.54) is 0 Å². The van der Waals surface area contributed by atoms with Gasteiger partial charge in [0.25, 0.3) is 0 Å². The number of rotatable bonds is 10. The summed E-state index contributed by atoms with van der Waals surface area (Å²) in [6.45, 7) is 5.98. The number of anilines is 1. The van der Waals surface area contributed by atoms with E-state index in [0.717, 1.165) is 30.2 Å². The van der Waals surface area contributed by atoms with Crippen molar-refractivity contribution in [2.24, 2.45) is 0 Å². The number of ether oxygens (including phenoxy) is 4. The maximum absolute atomic E-state index is 5.50. The first-order chi connectivity index (χ1) is 9.73. The molecule has 0 heterocycles. The highest BCUT2D eigenvalue weighted by Gasteiger charge is 2.08. The van der Waals surface area contributed by atoms with Crippen LogP contribution in [0.2, 0.25) is 0 Å². The monoisotopic (exact) mass is 283 g/mol. The molecular formula is C15H25NO4. The minimum Gasteiger partial charge on any atom is -0.497 e. The van der Waals surface area contributed by atoms with E-state index in [-0.39, 0.29) is 6.29 Å². The molecule has 0 aliphatic heterocycles. The molecule has 114 valence electrons. The second-order valence-corrected chi connectivity index (χ2v) is 4.16. The Morgan fingerprint density at radius 2 is 1.50 bits per heavy atom. The van der Waals surface area contributed by atoms with Crippen molar-refractivity contribution in [3.8, 4) is 11.5 Å². The zero-order valence-electron chi connectivity index (χ0n) is 12.8. The molecule has 1 N–H and O–H groups in total. The molecule has 5 nitrogen and oxygen atoms in total. The largest absolute Gasteiger partial charge is 0.497 e. The lowest BCUT2D eigenvalue weighted by atomic mass is 10.2. The summed E-state index contributed by atoms with van der Waals surface area (Å²) < 4.78 is 21.5. The zero-order valence-corrected chi connectivity index (χ0v) is 12.8. The average Bonchev–Trinajstić information content (AvgIpc) is 2.47. The van der Waals surface area contributed by atoms with Crippen molar-refractivity contribution in [1.29, 1.82) is 0 Å². The smallest absolute Gasteiger partial charge is 0.159 e. The lowest BCUT2D eigenvalue weighted by molar-refractivity contribution is -0.137. The minimum absolute atomic E-state index is 0.162. The maximum atomic E-state index is 5.50. The average molecular weight is 283 g/mol. The molecule has 0 fully saturated rings. The van der Waals surface area contributed by atoms with E-state index in [2.05, 4.69) is 5.32 Å². The topological polar surface area (TPSA) is 49.0 Å². The van der Waals surface area contributed by atoms with Crippen molar-refractivity contribution in [3.05, 3.63) is 18.2 Å². The minimum atomic E-state index is -0.162. The molecule has 20 heavy (non-hydrogen) atoms. The van der Waals surface area contributed by atoms with Gasteiger partial charge in [0, 0.05) is 50.1 Å². The first-order valence-corrected chi connectivity index (χ1v) is 6.93. The van der Waals surface area contributed by atoms with E-state index in [1.807, 2.05) is 32.0 Å². The van der Waals surface area contributed by atoms with E-state index in [0.29, 0.717) is 13.2 Å². The molecule has 0 aliphatic carbocycles. The first kappa shape index (κ1) is 16.6. The van der Waals surface area contributed by atoms with Gasteiger partial charge in [0.1, 0.15) is 11.5 Å². The molecule has 0 amide bonds. The zero-order chi connectivity index (χ0) is 14.8. The number of hydrogen-bond donors (Lipinski definition) is 1. The van der Waals surface area contributed by atoms with Crippen molar-refractivity contribution >= 4 is 5.69 Å². The predicted molar refractivity (Wildman–Crippen MR) is 79.7 cm³/mol. The summed E-state index contributed by atoms with van der Waals surface area (Å²) in [5, 5.41) is 3.32. The molecule has 0 aromatic heterocycles. The Morgan fingerprint density at radius 3 is 1.95 bits per heavy atom. The highest BCUT2D eigenvalue weighted by molar-refractivity contribution is 5.53. The van der Waals surface area contributed by atoms with Crippen LogP contribution in [0.3, 0.4) is 0 Å². The molecule has 1 aromatic rings. The van der Waals surface area contributed by atoms with E-state index in [1.54, 1.807) is 14.2 Å². The number of nitrogens with one attached hydrogen (secondary N) is 1. The fourth-order valence-corrected chi connectivity index (χ4v) is 1.83. The Kier molecular flexibility index (Phi) is 7.84. The van der Waals surface area contributed by atoms with Crippen LogP contribution in [-0.4, -0.2) is 40.3 Å². The summed E-state index contributed by atoms with van der Waals surface area (Å²) >= 11 is 0. The van der Waals surface area contributed by atoms with Gasteiger partial charge in [0.05, 0.1) is 14.2 Å². The van der Waals surface area contributed by atoms with Crippen molar-refractivity contribution in [2.75, 3.05) is 39.3 Å². The number of hydrogen-bond acceptors (Lipinski definition) is 5. The molecular weight excluding hydrogens is 258 g/mol. The van der Waals surface area contributed by atoms with Crippen LogP contribution in [0.25, 0.3) is 0 Å². The van der Waals surface area contributed by atoms with Gasteiger partial charge in [-0.2, -0.15) is 0 Å². The molecule has 0 saturated heterocycles. The lowest BCUT2D eigenvalue weighted by Crippen LogP contribution is -2.21. The highest BCUT2D eigenvalue weighted by atomic mass is 16.7. The Morgan fingerprint density at radius 1 is 0.950 bits per heavy atom. The molecule has 5 heteroatoms. The van der Waals surface area contributed by atoms with Gasteiger partial charge in [-0.3, -0.25) is 0 Å². The van der Waals surface area contributed by atoms with Gasteiger partial charge in [-0.1, -0.05) is 0 Å². The van der Waals surface area contributed by atoms with Crippen LogP contribution in [0.15, 0.2) is 18.2 Å². The Balaban J connectivity index is 2.51. The standard InChI is InChI=1S/C15H25NO4/c1-5-19-15(20-6-2)7-8-16-12-9-13(17-3)11-14(10-12)18-4/h9-11,15-16H,5-8H2,1-4H3. The van der Waals surface area contributed by atoms with Crippen LogP contribution in [0.5, 0.6) is 11.5 Å². The molecule has 1 rings (SSSR count). The summed E-state index contributed by atoms with van der Waals surface area (Å²) in [5.41, 5.74) is 0.952. The molecule has 0 saturated carbocycles. The lowest BCUT2D eigenvalue weighted by Gasteiger charge is -2.17. The van der Waals surface area contributed by atoms with Crippen LogP contribution >= 0.6 is 0 Å². The molecule has 0 radical (unpaired) electrons. The van der Waals surface area contributed by atoms with Crippen molar-refractivity contribution in [1.82, 2.24) is 0 Å². The van der Waals surface area contributed by atoms with E-state index < -0.39 is 0 Å². The third kappa shape index (κ3) is 5.67. The summed E-state index contributed by atoms with van der Waals surface area (Å²) in [5.74, 6) is 1.52. The van der Waals surface area contributed by atoms with Gasteiger partial charge in [0.2, 0.25) is 0 Å². The van der Waals surface area contributed by atoms with Crippen molar-refractivity contribution in [3.63, 3.8) is 0 Å². The van der Waals surface area contributed by atoms with Gasteiger partial charge >= 0.3 is 0 Å². The van der Waals surface area contributed by atoms with Crippen molar-refractivity contribution < 1.29 is 18.9 Å². The van der Waals surface area contributed by atoms with Gasteiger partial charge in [0.15, 0.2) is 6.29 Å². The Bertz CT molecular complexity index is 356. The predicted octanol–water partition coefficient (Wildman–Crippen LogP) is 2.90. The third-order valence-electron chi connectivity index (χ3n) is 2.77. The molecule has 0 bridgehead atoms. The van der Waals surface area contributed by atoms with Crippen LogP contribution in [-0.2, 0) is 9.47 Å². The third-order valence-corrected chi connectivity index (χ3v) is 2.77. The molecule has 0 aliphatic rings. The number of benzene rings is 1. The summed E-state index contributed by atoms with van der Waals surface area (Å²) in [7, 11) is 3.28.